The first kappa shape index (κ1) is 18.2. The van der Waals surface area contributed by atoms with Crippen LogP contribution in [0.5, 0.6) is 5.75 Å². The first-order valence-corrected chi connectivity index (χ1v) is 7.94. The van der Waals surface area contributed by atoms with Crippen molar-refractivity contribution in [1.29, 1.82) is 0 Å². The number of amides is 1. The molecule has 0 heterocycles. The normalized spacial score (nSPS) is 10.5. The standard InChI is InChI=1S/C18H19ClFNO3/c1-3-8-24-11-13-9-12(4-7-17(13)23-2)18(22)21-14-5-6-16(20)15(19)10-14/h4-7,9-10H,3,8,11H2,1-2H3,(H,21,22). The molecule has 0 saturated heterocycles. The van der Waals surface area contributed by atoms with Crippen LogP contribution in [0.2, 0.25) is 5.02 Å². The molecule has 0 unspecified atom stereocenters. The quantitative estimate of drug-likeness (QED) is 0.737. The second-order valence-corrected chi connectivity index (χ2v) is 5.57. The highest BCUT2D eigenvalue weighted by Crippen LogP contribution is 2.23. The Morgan fingerprint density at radius 2 is 2.04 bits per heavy atom. The number of nitrogens with one attached hydrogen (secondary N) is 1. The molecule has 2 aromatic carbocycles. The Kier molecular flexibility index (Phi) is 6.58. The molecule has 0 atom stereocenters. The van der Waals surface area contributed by atoms with Crippen LogP contribution in [0.15, 0.2) is 36.4 Å². The molecule has 1 amide bonds. The fourth-order valence-electron chi connectivity index (χ4n) is 2.14. The van der Waals surface area contributed by atoms with Crippen molar-refractivity contribution in [2.45, 2.75) is 20.0 Å². The molecule has 4 nitrogen and oxygen atoms in total. The third-order valence-corrected chi connectivity index (χ3v) is 3.62. The Morgan fingerprint density at radius 3 is 2.71 bits per heavy atom. The summed E-state index contributed by atoms with van der Waals surface area (Å²) >= 11 is 5.72. The summed E-state index contributed by atoms with van der Waals surface area (Å²) in [5, 5.41) is 2.64. The predicted molar refractivity (Wildman–Crippen MR) is 92.3 cm³/mol. The monoisotopic (exact) mass is 351 g/mol. The minimum absolute atomic E-state index is 0.0452. The lowest BCUT2D eigenvalue weighted by Gasteiger charge is -2.12. The Morgan fingerprint density at radius 1 is 1.25 bits per heavy atom. The number of ether oxygens (including phenoxy) is 2. The van der Waals surface area contributed by atoms with E-state index in [0.29, 0.717) is 30.2 Å². The molecule has 1 N–H and O–H groups in total. The van der Waals surface area contributed by atoms with Crippen LogP contribution >= 0.6 is 11.6 Å². The fourth-order valence-corrected chi connectivity index (χ4v) is 2.32. The average Bonchev–Trinajstić information content (AvgIpc) is 2.58. The van der Waals surface area contributed by atoms with Crippen LogP contribution in [0.1, 0.15) is 29.3 Å². The Balaban J connectivity index is 2.15. The lowest BCUT2D eigenvalue weighted by Crippen LogP contribution is -2.12. The topological polar surface area (TPSA) is 47.6 Å². The molecule has 2 aromatic rings. The van der Waals surface area contributed by atoms with Crippen molar-refractivity contribution in [2.75, 3.05) is 19.0 Å². The van der Waals surface area contributed by atoms with Crippen LogP contribution in [0.3, 0.4) is 0 Å². The van der Waals surface area contributed by atoms with E-state index in [2.05, 4.69) is 5.32 Å². The van der Waals surface area contributed by atoms with Crippen LogP contribution in [0, 0.1) is 5.82 Å². The van der Waals surface area contributed by atoms with Gasteiger partial charge >= 0.3 is 0 Å². The van der Waals surface area contributed by atoms with Crippen molar-refractivity contribution in [3.63, 3.8) is 0 Å². The van der Waals surface area contributed by atoms with Gasteiger partial charge in [-0.15, -0.1) is 0 Å². The summed E-state index contributed by atoms with van der Waals surface area (Å²) in [6.07, 6.45) is 0.911. The lowest BCUT2D eigenvalue weighted by molar-refractivity contribution is 0.102. The third kappa shape index (κ3) is 4.69. The van der Waals surface area contributed by atoms with Crippen molar-refractivity contribution in [2.24, 2.45) is 0 Å². The minimum Gasteiger partial charge on any atom is -0.496 e. The van der Waals surface area contributed by atoms with E-state index in [9.17, 15) is 9.18 Å². The van der Waals surface area contributed by atoms with Crippen LogP contribution in [0.25, 0.3) is 0 Å². The van der Waals surface area contributed by atoms with Crippen molar-refractivity contribution in [3.8, 4) is 5.75 Å². The average molecular weight is 352 g/mol. The number of carbonyl (C=O) groups excluding carboxylic acids is 1. The molecule has 24 heavy (non-hydrogen) atoms. The van der Waals surface area contributed by atoms with Crippen molar-refractivity contribution < 1.29 is 18.7 Å². The second-order valence-electron chi connectivity index (χ2n) is 5.16. The molecular formula is C18H19ClFNO3. The number of hydrogen-bond donors (Lipinski definition) is 1. The number of halogens is 2. The predicted octanol–water partition coefficient (Wildman–Crippen LogP) is 4.67. The molecular weight excluding hydrogens is 333 g/mol. The molecule has 0 fully saturated rings. The Bertz CT molecular complexity index is 721. The van der Waals surface area contributed by atoms with Crippen molar-refractivity contribution in [3.05, 3.63) is 58.4 Å². The van der Waals surface area contributed by atoms with Crippen molar-refractivity contribution in [1.82, 2.24) is 0 Å². The smallest absolute Gasteiger partial charge is 0.255 e. The van der Waals surface area contributed by atoms with Crippen LogP contribution in [-0.4, -0.2) is 19.6 Å². The van der Waals surface area contributed by atoms with E-state index in [4.69, 9.17) is 21.1 Å². The van der Waals surface area contributed by atoms with E-state index in [1.807, 2.05) is 6.92 Å². The number of hydrogen-bond acceptors (Lipinski definition) is 3. The van der Waals surface area contributed by atoms with Gasteiger partial charge in [0.15, 0.2) is 0 Å². The summed E-state index contributed by atoms with van der Waals surface area (Å²) in [7, 11) is 1.57. The number of methoxy groups -OCH3 is 1. The van der Waals surface area contributed by atoms with Gasteiger partial charge in [0, 0.05) is 23.4 Å². The molecule has 0 spiro atoms. The summed E-state index contributed by atoms with van der Waals surface area (Å²) in [5.74, 6) is -0.195. The highest BCUT2D eigenvalue weighted by atomic mass is 35.5. The van der Waals surface area contributed by atoms with Gasteiger partial charge in [0.1, 0.15) is 11.6 Å². The molecule has 6 heteroatoms. The summed E-state index contributed by atoms with van der Waals surface area (Å²) in [4.78, 5) is 12.4. The van der Waals surface area contributed by atoms with Gasteiger partial charge < -0.3 is 14.8 Å². The highest BCUT2D eigenvalue weighted by molar-refractivity contribution is 6.31. The molecule has 0 aliphatic rings. The Hall–Kier alpha value is -2.11. The van der Waals surface area contributed by atoms with Gasteiger partial charge in [0.2, 0.25) is 0 Å². The van der Waals surface area contributed by atoms with Gasteiger partial charge in [0.05, 0.1) is 18.7 Å². The number of carbonyl (C=O) groups is 1. The Labute approximate surface area is 145 Å². The van der Waals surface area contributed by atoms with Gasteiger partial charge in [-0.1, -0.05) is 18.5 Å². The van der Waals surface area contributed by atoms with E-state index >= 15 is 0 Å². The van der Waals surface area contributed by atoms with Crippen LogP contribution < -0.4 is 10.1 Å². The largest absolute Gasteiger partial charge is 0.496 e. The molecule has 128 valence electrons. The van der Waals surface area contributed by atoms with E-state index in [0.717, 1.165) is 12.0 Å². The molecule has 0 aliphatic heterocycles. The maximum absolute atomic E-state index is 13.2. The SMILES string of the molecule is CCCOCc1cc(C(=O)Nc2ccc(F)c(Cl)c2)ccc1OC. The van der Waals surface area contributed by atoms with Gasteiger partial charge in [-0.2, -0.15) is 0 Å². The second kappa shape index (κ2) is 8.66. The molecule has 0 bridgehead atoms. The summed E-state index contributed by atoms with van der Waals surface area (Å²) in [6.45, 7) is 3.02. The van der Waals surface area contributed by atoms with Gasteiger partial charge in [-0.25, -0.2) is 4.39 Å². The molecule has 0 aromatic heterocycles. The molecule has 0 radical (unpaired) electrons. The van der Waals surface area contributed by atoms with Gasteiger partial charge in [-0.3, -0.25) is 4.79 Å². The molecule has 2 rings (SSSR count). The number of rotatable bonds is 7. The first-order valence-electron chi connectivity index (χ1n) is 7.56. The zero-order chi connectivity index (χ0) is 17.5. The van der Waals surface area contributed by atoms with Gasteiger partial charge in [-0.05, 0) is 42.8 Å². The summed E-state index contributed by atoms with van der Waals surface area (Å²) in [5.41, 5.74) is 1.66. The van der Waals surface area contributed by atoms with E-state index in [1.54, 1.807) is 25.3 Å². The fraction of sp³-hybridized carbons (Fsp3) is 0.278. The lowest BCUT2D eigenvalue weighted by atomic mass is 10.1. The van der Waals surface area contributed by atoms with E-state index < -0.39 is 5.82 Å². The van der Waals surface area contributed by atoms with Crippen LogP contribution in [-0.2, 0) is 11.3 Å². The highest BCUT2D eigenvalue weighted by Gasteiger charge is 2.12. The van der Waals surface area contributed by atoms with E-state index in [1.165, 1.54) is 18.2 Å². The van der Waals surface area contributed by atoms with Gasteiger partial charge in [0.25, 0.3) is 5.91 Å². The molecule has 0 aliphatic carbocycles. The number of benzene rings is 2. The third-order valence-electron chi connectivity index (χ3n) is 3.33. The molecule has 0 saturated carbocycles. The minimum atomic E-state index is -0.533. The maximum Gasteiger partial charge on any atom is 0.255 e. The zero-order valence-electron chi connectivity index (χ0n) is 13.6. The van der Waals surface area contributed by atoms with Crippen LogP contribution in [0.4, 0.5) is 10.1 Å². The summed E-state index contributed by atoms with van der Waals surface area (Å²) in [6, 6.07) is 9.11. The summed E-state index contributed by atoms with van der Waals surface area (Å²) < 4.78 is 24.0. The zero-order valence-corrected chi connectivity index (χ0v) is 14.3. The van der Waals surface area contributed by atoms with E-state index in [-0.39, 0.29) is 10.9 Å². The first-order chi connectivity index (χ1) is 11.5. The maximum atomic E-state index is 13.2. The number of anilines is 1. The van der Waals surface area contributed by atoms with Crippen molar-refractivity contribution >= 4 is 23.2 Å².